The number of methoxy groups -OCH3 is 1. The summed E-state index contributed by atoms with van der Waals surface area (Å²) in [4.78, 5) is 12.3. The lowest BCUT2D eigenvalue weighted by Gasteiger charge is -2.15. The number of ether oxygens (including phenoxy) is 2. The molecule has 116 valence electrons. The maximum atomic E-state index is 11.1. The van der Waals surface area contributed by atoms with E-state index in [0.29, 0.717) is 29.4 Å². The van der Waals surface area contributed by atoms with Gasteiger partial charge in [0.1, 0.15) is 6.29 Å². The van der Waals surface area contributed by atoms with E-state index in [1.807, 2.05) is 25.1 Å². The number of hydrogen-bond acceptors (Lipinski definition) is 4. The molecule has 0 amide bonds. The van der Waals surface area contributed by atoms with Crippen molar-refractivity contribution in [1.29, 1.82) is 0 Å². The average molecular weight is 381 g/mol. The van der Waals surface area contributed by atoms with Crippen molar-refractivity contribution >= 4 is 34.0 Å². The summed E-state index contributed by atoms with van der Waals surface area (Å²) in [6, 6.07) is 11.7. The second-order valence-electron chi connectivity index (χ2n) is 4.50. The van der Waals surface area contributed by atoms with E-state index in [-0.39, 0.29) is 0 Å². The van der Waals surface area contributed by atoms with Crippen LogP contribution in [0, 0.1) is 0 Å². The van der Waals surface area contributed by atoms with Crippen LogP contribution in [0.1, 0.15) is 22.8 Å². The van der Waals surface area contributed by atoms with Gasteiger partial charge >= 0.3 is 0 Å². The Morgan fingerprint density at radius 2 is 1.95 bits per heavy atom. The molecule has 0 heterocycles. The molecule has 2 rings (SSSR count). The monoisotopic (exact) mass is 380 g/mol. The summed E-state index contributed by atoms with van der Waals surface area (Å²) in [6.07, 6.45) is 0.825. The first kappa shape index (κ1) is 16.9. The summed E-state index contributed by atoms with van der Waals surface area (Å²) < 4.78 is 12.1. The Hall–Kier alpha value is -1.46. The fraction of sp³-hybridized carbons (Fsp3) is 0.235. The summed E-state index contributed by atoms with van der Waals surface area (Å²) in [5.74, 6) is 2.01. The number of rotatable bonds is 7. The van der Waals surface area contributed by atoms with Crippen LogP contribution in [0.4, 0.5) is 0 Å². The highest BCUT2D eigenvalue weighted by Gasteiger charge is 2.13. The van der Waals surface area contributed by atoms with Crippen molar-refractivity contribution in [2.45, 2.75) is 17.6 Å². The van der Waals surface area contributed by atoms with Gasteiger partial charge in [0.25, 0.3) is 0 Å². The number of carbonyl (C=O) groups excluding carboxylic acids is 1. The third-order valence-corrected chi connectivity index (χ3v) is 4.60. The Morgan fingerprint density at radius 1 is 1.23 bits per heavy atom. The molecule has 0 atom stereocenters. The first-order valence-corrected chi connectivity index (χ1v) is 8.63. The number of carbonyl (C=O) groups is 1. The minimum absolute atomic E-state index is 0.548. The normalized spacial score (nSPS) is 10.3. The van der Waals surface area contributed by atoms with Crippen molar-refractivity contribution in [3.05, 3.63) is 52.0 Å². The Bertz CT molecular complexity index is 641. The Labute approximate surface area is 143 Å². The third kappa shape index (κ3) is 4.27. The molecule has 0 aliphatic rings. The Kier molecular flexibility index (Phi) is 6.34. The fourth-order valence-corrected chi connectivity index (χ4v) is 3.14. The number of benzene rings is 2. The summed E-state index contributed by atoms with van der Waals surface area (Å²) in [6.45, 7) is 2.48. The molecule has 3 nitrogen and oxygen atoms in total. The lowest BCUT2D eigenvalue weighted by atomic mass is 10.1. The minimum atomic E-state index is 0.548. The molecule has 0 saturated heterocycles. The van der Waals surface area contributed by atoms with Gasteiger partial charge in [0.05, 0.1) is 13.7 Å². The van der Waals surface area contributed by atoms with Crippen LogP contribution < -0.4 is 9.47 Å². The van der Waals surface area contributed by atoms with Gasteiger partial charge in [-0.25, -0.2) is 0 Å². The first-order chi connectivity index (χ1) is 10.7. The second kappa shape index (κ2) is 8.25. The average Bonchev–Trinajstić information content (AvgIpc) is 2.55. The predicted octanol–water partition coefficient (Wildman–Crippen LogP) is 4.96. The summed E-state index contributed by atoms with van der Waals surface area (Å²) >= 11 is 5.12. The zero-order valence-electron chi connectivity index (χ0n) is 12.5. The summed E-state index contributed by atoms with van der Waals surface area (Å²) in [7, 11) is 1.58. The van der Waals surface area contributed by atoms with Crippen LogP contribution in [0.2, 0.25) is 0 Å². The number of aldehydes is 1. The fourth-order valence-electron chi connectivity index (χ4n) is 2.01. The lowest BCUT2D eigenvalue weighted by Crippen LogP contribution is -2.01. The van der Waals surface area contributed by atoms with E-state index in [1.54, 1.807) is 24.9 Å². The topological polar surface area (TPSA) is 35.5 Å². The molecular formula is C17H17BrO3S. The standard InChI is InChI=1S/C17H17BrO3S/c1-3-21-17-13(8-12(10-19)9-16(17)20-2)11-22-15-6-4-14(18)5-7-15/h4-10H,3,11H2,1-2H3. The van der Waals surface area contributed by atoms with E-state index in [4.69, 9.17) is 9.47 Å². The molecule has 0 bridgehead atoms. The van der Waals surface area contributed by atoms with Crippen LogP contribution in [0.5, 0.6) is 11.5 Å². The van der Waals surface area contributed by atoms with Gasteiger partial charge in [-0.1, -0.05) is 15.9 Å². The minimum Gasteiger partial charge on any atom is -0.493 e. The maximum Gasteiger partial charge on any atom is 0.165 e. The van der Waals surface area contributed by atoms with E-state index in [1.165, 1.54) is 0 Å². The quantitative estimate of drug-likeness (QED) is 0.502. The Balaban J connectivity index is 2.27. The zero-order valence-corrected chi connectivity index (χ0v) is 14.9. The molecule has 2 aromatic rings. The van der Waals surface area contributed by atoms with Crippen molar-refractivity contribution in [2.75, 3.05) is 13.7 Å². The molecule has 22 heavy (non-hydrogen) atoms. The number of thioether (sulfide) groups is 1. The molecular weight excluding hydrogens is 364 g/mol. The van der Waals surface area contributed by atoms with Crippen LogP contribution >= 0.6 is 27.7 Å². The van der Waals surface area contributed by atoms with Gasteiger partial charge in [0.2, 0.25) is 0 Å². The predicted molar refractivity (Wildman–Crippen MR) is 93.3 cm³/mol. The van der Waals surface area contributed by atoms with Crippen LogP contribution in [0.25, 0.3) is 0 Å². The van der Waals surface area contributed by atoms with Gasteiger partial charge in [-0.05, 0) is 43.3 Å². The van der Waals surface area contributed by atoms with E-state index in [2.05, 4.69) is 28.1 Å². The highest BCUT2D eigenvalue weighted by atomic mass is 79.9. The van der Waals surface area contributed by atoms with Crippen molar-refractivity contribution in [2.24, 2.45) is 0 Å². The molecule has 5 heteroatoms. The van der Waals surface area contributed by atoms with Crippen molar-refractivity contribution in [3.63, 3.8) is 0 Å². The highest BCUT2D eigenvalue weighted by molar-refractivity contribution is 9.10. The van der Waals surface area contributed by atoms with Gasteiger partial charge in [-0.15, -0.1) is 11.8 Å². The lowest BCUT2D eigenvalue weighted by molar-refractivity contribution is 0.112. The van der Waals surface area contributed by atoms with E-state index in [0.717, 1.165) is 21.2 Å². The van der Waals surface area contributed by atoms with Crippen molar-refractivity contribution in [1.82, 2.24) is 0 Å². The van der Waals surface area contributed by atoms with Crippen LogP contribution in [0.15, 0.2) is 45.8 Å². The summed E-state index contributed by atoms with van der Waals surface area (Å²) in [5, 5.41) is 0. The van der Waals surface area contributed by atoms with Gasteiger partial charge in [0.15, 0.2) is 11.5 Å². The first-order valence-electron chi connectivity index (χ1n) is 6.85. The largest absolute Gasteiger partial charge is 0.493 e. The van der Waals surface area contributed by atoms with Crippen LogP contribution in [-0.4, -0.2) is 20.0 Å². The van der Waals surface area contributed by atoms with E-state index >= 15 is 0 Å². The van der Waals surface area contributed by atoms with Gasteiger partial charge in [-0.3, -0.25) is 4.79 Å². The van der Waals surface area contributed by atoms with Gasteiger partial charge < -0.3 is 9.47 Å². The number of halogens is 1. The van der Waals surface area contributed by atoms with Crippen LogP contribution in [-0.2, 0) is 5.75 Å². The van der Waals surface area contributed by atoms with E-state index in [9.17, 15) is 4.79 Å². The van der Waals surface area contributed by atoms with Gasteiger partial charge in [-0.2, -0.15) is 0 Å². The highest BCUT2D eigenvalue weighted by Crippen LogP contribution is 2.36. The molecule has 0 radical (unpaired) electrons. The summed E-state index contributed by atoms with van der Waals surface area (Å²) in [5.41, 5.74) is 1.54. The smallest absolute Gasteiger partial charge is 0.165 e. The van der Waals surface area contributed by atoms with Gasteiger partial charge in [0, 0.05) is 26.2 Å². The zero-order chi connectivity index (χ0) is 15.9. The molecule has 0 spiro atoms. The second-order valence-corrected chi connectivity index (χ2v) is 6.47. The molecule has 0 fully saturated rings. The Morgan fingerprint density at radius 3 is 2.55 bits per heavy atom. The van der Waals surface area contributed by atoms with Crippen molar-refractivity contribution in [3.8, 4) is 11.5 Å². The molecule has 0 unspecified atom stereocenters. The van der Waals surface area contributed by atoms with E-state index < -0.39 is 0 Å². The maximum absolute atomic E-state index is 11.1. The van der Waals surface area contributed by atoms with Crippen molar-refractivity contribution < 1.29 is 14.3 Å². The molecule has 0 aliphatic carbocycles. The third-order valence-electron chi connectivity index (χ3n) is 3.01. The molecule has 0 aliphatic heterocycles. The SMILES string of the molecule is CCOc1c(CSc2ccc(Br)cc2)cc(C=O)cc1OC. The van der Waals surface area contributed by atoms with Crippen LogP contribution in [0.3, 0.4) is 0 Å². The number of hydrogen-bond donors (Lipinski definition) is 0. The molecule has 0 N–H and O–H groups in total. The molecule has 0 aromatic heterocycles. The molecule has 0 saturated carbocycles. The molecule has 2 aromatic carbocycles.